The maximum Gasteiger partial charge on any atom is 0.251 e. The van der Waals surface area contributed by atoms with Crippen LogP contribution in [0.3, 0.4) is 0 Å². The minimum absolute atomic E-state index is 0.00165. The molecule has 12 rings (SSSR count). The molecule has 16 N–H and O–H groups in total. The molecule has 8 heterocycles. The Bertz CT molecular complexity index is 3710. The molecule has 10 fully saturated rings. The van der Waals surface area contributed by atoms with E-state index in [1.54, 1.807) is 9.80 Å². The molecule has 2 aromatic rings. The van der Waals surface area contributed by atoms with Gasteiger partial charge in [0.1, 0.15) is 134 Å². The van der Waals surface area contributed by atoms with Gasteiger partial charge in [0.15, 0.2) is 25.2 Å². The zero-order chi connectivity index (χ0) is 99.0. The third-order valence-electron chi connectivity index (χ3n) is 28.8. The smallest absolute Gasteiger partial charge is 0.251 e. The van der Waals surface area contributed by atoms with Crippen molar-refractivity contribution in [1.29, 1.82) is 0 Å². The molecular weight excluding hydrogens is 1830 g/mol. The fraction of sp³-hybridized carbons (Fsp3) is 0.894. The van der Waals surface area contributed by atoms with Crippen LogP contribution < -0.4 is 22.1 Å². The van der Waals surface area contributed by atoms with Gasteiger partial charge in [-0.25, -0.2) is 9.36 Å². The molecule has 6 saturated heterocycles. The topological polar surface area (TPSA) is 606 Å². The van der Waals surface area contributed by atoms with E-state index >= 15 is 0 Å². The molecule has 2 aromatic heterocycles. The molecule has 45 heteroatoms. The first-order chi connectivity index (χ1) is 67.3. The summed E-state index contributed by atoms with van der Waals surface area (Å²) in [7, 11) is 0. The van der Waals surface area contributed by atoms with E-state index in [1.165, 1.54) is 35.6 Å². The number of nitrogens with one attached hydrogen (secondary N) is 2. The zero-order valence-electron chi connectivity index (χ0n) is 81.2. The van der Waals surface area contributed by atoms with Gasteiger partial charge in [-0.15, -0.1) is 10.2 Å². The third kappa shape index (κ3) is 32.2. The predicted octanol–water partition coefficient (Wildman–Crippen LogP) is -1.59. The number of likely N-dealkylation sites (tertiary alicyclic amines) is 2. The fourth-order valence-electron chi connectivity index (χ4n) is 20.6. The van der Waals surface area contributed by atoms with Crippen molar-refractivity contribution in [2.24, 2.45) is 47.0 Å². The number of ketones is 2. The Morgan fingerprint density at radius 3 is 1.14 bits per heavy atom. The number of ether oxygens (including phenoxy) is 17. The molecule has 12 unspecified atom stereocenters. The lowest BCUT2D eigenvalue weighted by molar-refractivity contribution is -0.338. The van der Waals surface area contributed by atoms with Gasteiger partial charge < -0.3 is 163 Å². The van der Waals surface area contributed by atoms with Gasteiger partial charge in [0, 0.05) is 77.2 Å². The van der Waals surface area contributed by atoms with Gasteiger partial charge in [-0.1, -0.05) is 101 Å². The van der Waals surface area contributed by atoms with Crippen LogP contribution in [0.5, 0.6) is 0 Å². The number of hydrogen-bond acceptors (Lipinski definition) is 39. The van der Waals surface area contributed by atoms with Crippen LogP contribution >= 0.6 is 0 Å². The number of carbonyl (C=O) groups is 6. The fourth-order valence-corrected chi connectivity index (χ4v) is 20.6. The molecular formula is C94H158N12O33. The largest absolute Gasteiger partial charge is 0.394 e. The first kappa shape index (κ1) is 112. The Hall–Kier alpha value is -5.66. The average Bonchev–Trinajstić information content (AvgIpc) is 1.09. The number of aliphatic hydroxyl groups excluding tert-OH is 10. The van der Waals surface area contributed by atoms with Gasteiger partial charge in [-0.05, 0) is 102 Å². The molecule has 0 radical (unpaired) electrons. The second-order valence-corrected chi connectivity index (χ2v) is 38.9. The summed E-state index contributed by atoms with van der Waals surface area (Å²) in [5.41, 5.74) is 12.0. The maximum absolute atomic E-state index is 14.6. The van der Waals surface area contributed by atoms with Crippen LogP contribution in [0.1, 0.15) is 193 Å². The lowest BCUT2D eigenvalue weighted by Crippen LogP contribution is -2.68. The van der Waals surface area contributed by atoms with Crippen LogP contribution in [0.25, 0.3) is 0 Å². The summed E-state index contributed by atoms with van der Waals surface area (Å²) in [6.45, 7) is 10.3. The molecule has 139 heavy (non-hydrogen) atoms. The number of nitrogens with two attached hydrogens (primary N) is 2. The molecule has 4 amide bonds. The number of nitrogens with zero attached hydrogens (tertiary/aromatic N) is 8. The summed E-state index contributed by atoms with van der Waals surface area (Å²) < 4.78 is 108. The minimum atomic E-state index is -1.70. The standard InChI is InChI=1S/C94H158N12O33/c1-5-59-43-61(65(109)21-13-29-123-31-23-95)45-67(85(59)138-93-83(119)81(117)77(113)55(3)130-93)134-91-75(87(79(115)71(51-107)136-91)132-69(89(121)103-25-15-26-103)41-57-17-9-7-10-18-57)97-73(111)49-105-47-63(99-101-105)53-128-39-37-126-35-33-125-34-36-127-38-40-129-54-64-48-106(102-100-64)50-74(112)98-76-88(133-70(90(122)104-27-16-28-104)42-58-19-11-8-12-20-58)80(116)72(52-108)137-92(76)135-68-46-62(66(110)22-14-30-124-32-24-96)44-60(6-2)86(68)139-94-84(120)82(118)78(114)56(4)131-94/h47-48,55-62,67-72,75-88,91-94,107-108,113-120H,5-46,49-54,95-96H2,1-4H3,(H,97,111)(H,98,112)/t55?,56?,59?,60?,61?,62?,67-,68-,69+,70+,71+,72+,75?,76?,77-,78-,79+,80+,81+,82+,83?,84?,85-,86-,87?,88?,91-,92-,93+,94+/m1/s1. The molecule has 0 bridgehead atoms. The molecule has 4 aliphatic carbocycles. The minimum Gasteiger partial charge on any atom is -0.394 e. The Labute approximate surface area is 812 Å². The first-order valence-electron chi connectivity index (χ1n) is 50.9. The summed E-state index contributed by atoms with van der Waals surface area (Å²) in [5, 5.41) is 135. The van der Waals surface area contributed by atoms with E-state index in [0.717, 1.165) is 77.0 Å². The van der Waals surface area contributed by atoms with Crippen molar-refractivity contribution in [3.05, 3.63) is 23.8 Å². The molecule has 45 nitrogen and oxygen atoms in total. The number of rotatable bonds is 58. The van der Waals surface area contributed by atoms with E-state index in [1.807, 2.05) is 13.8 Å². The second kappa shape index (κ2) is 57.5. The van der Waals surface area contributed by atoms with Crippen molar-refractivity contribution in [3.63, 3.8) is 0 Å². The van der Waals surface area contributed by atoms with Crippen molar-refractivity contribution in [2.45, 2.75) is 367 Å². The van der Waals surface area contributed by atoms with Crippen LogP contribution in [0, 0.1) is 35.5 Å². The van der Waals surface area contributed by atoms with E-state index in [4.69, 9.17) is 92.0 Å². The number of amides is 4. The molecule has 30 atom stereocenters. The van der Waals surface area contributed by atoms with Crippen molar-refractivity contribution >= 4 is 35.2 Å². The Kier molecular flexibility index (Phi) is 46.3. The Morgan fingerprint density at radius 2 is 0.799 bits per heavy atom. The van der Waals surface area contributed by atoms with Gasteiger partial charge in [0.25, 0.3) is 11.8 Å². The lowest BCUT2D eigenvalue weighted by Gasteiger charge is -2.49. The predicted molar refractivity (Wildman–Crippen MR) is 487 cm³/mol. The van der Waals surface area contributed by atoms with Crippen LogP contribution in [-0.2, 0) is 136 Å². The lowest BCUT2D eigenvalue weighted by atomic mass is 9.74. The molecule has 10 aliphatic rings. The number of hydrogen-bond donors (Lipinski definition) is 14. The quantitative estimate of drug-likeness (QED) is 0.0332. The van der Waals surface area contributed by atoms with E-state index in [9.17, 15) is 79.8 Å². The maximum atomic E-state index is 14.6. The van der Waals surface area contributed by atoms with Gasteiger partial charge in [-0.2, -0.15) is 0 Å². The van der Waals surface area contributed by atoms with Crippen LogP contribution in [0.15, 0.2) is 12.4 Å². The average molecular weight is 1980 g/mol. The van der Waals surface area contributed by atoms with Crippen LogP contribution in [0.4, 0.5) is 0 Å². The Balaban J connectivity index is 0.610. The molecule has 0 aromatic carbocycles. The highest BCUT2D eigenvalue weighted by molar-refractivity contribution is 5.83. The molecule has 0 spiro atoms. The summed E-state index contributed by atoms with van der Waals surface area (Å²) in [5.74, 6) is -3.77. The zero-order valence-corrected chi connectivity index (χ0v) is 81.2. The Morgan fingerprint density at radius 1 is 0.432 bits per heavy atom. The summed E-state index contributed by atoms with van der Waals surface area (Å²) >= 11 is 0. The van der Waals surface area contributed by atoms with Gasteiger partial charge in [0.05, 0.1) is 142 Å². The van der Waals surface area contributed by atoms with E-state index in [0.29, 0.717) is 128 Å². The number of aliphatic hydroxyl groups is 10. The van der Waals surface area contributed by atoms with Gasteiger partial charge >= 0.3 is 0 Å². The van der Waals surface area contributed by atoms with E-state index in [-0.39, 0.29) is 127 Å². The number of Topliss-reactive ketones (excluding diaryl/α,β-unsaturated/α-hetero) is 2. The molecule has 792 valence electrons. The number of carbonyl (C=O) groups excluding carboxylic acids is 6. The highest BCUT2D eigenvalue weighted by Crippen LogP contribution is 2.45. The van der Waals surface area contributed by atoms with Gasteiger partial charge in [0.2, 0.25) is 11.8 Å². The van der Waals surface area contributed by atoms with Crippen molar-refractivity contribution < 1.29 is 160 Å². The highest BCUT2D eigenvalue weighted by atomic mass is 16.8. The van der Waals surface area contributed by atoms with Crippen molar-refractivity contribution in [3.8, 4) is 0 Å². The van der Waals surface area contributed by atoms with Crippen molar-refractivity contribution in [1.82, 2.24) is 50.4 Å². The normalized spacial score (nSPS) is 33.7. The van der Waals surface area contributed by atoms with Gasteiger partial charge in [-0.3, -0.25) is 28.8 Å². The number of aromatic nitrogens is 6. The first-order valence-corrected chi connectivity index (χ1v) is 50.9. The third-order valence-corrected chi connectivity index (χ3v) is 28.8. The van der Waals surface area contributed by atoms with Crippen LogP contribution in [-0.4, -0.2) is 417 Å². The summed E-state index contributed by atoms with van der Waals surface area (Å²) in [6.07, 6.45) is -14.8. The highest BCUT2D eigenvalue weighted by Gasteiger charge is 2.57. The SMILES string of the molecule is CCC1CC(C(=O)CCCOCCN)C[C@@H](O[C@@H]2O[C@@H](CO)[C@H](O)C(O[C@@H](CC3CCCCC3)C(=O)N3CCC3)C2NC(=O)Cn2cc(COCCOCCOCCOCCOCc3cn(CC(=O)NC4C(O[C@@H](CC5CCCCC5)C(=O)N5CCC5)[C@@H](O)[C@H](CO)O[C@H]4O[C@@H]4CC(C(=O)CCCOCCN)CC(CC)[C@H]4O[C@@H]4OC(C)[C@@H](O)[C@H](O)C4O)nn3)nn2)[C@@H]1O[C@@H]1OC(C)[C@@H](O)[C@H](O)C1O. The molecule has 6 aliphatic heterocycles. The van der Waals surface area contributed by atoms with Crippen LogP contribution in [0.2, 0.25) is 0 Å². The molecule has 4 saturated carbocycles. The summed E-state index contributed by atoms with van der Waals surface area (Å²) in [4.78, 5) is 90.1. The van der Waals surface area contributed by atoms with Crippen molar-refractivity contribution in [2.75, 3.05) is 132 Å². The van der Waals surface area contributed by atoms with E-state index < -0.39 is 221 Å². The second-order valence-electron chi connectivity index (χ2n) is 38.9. The van der Waals surface area contributed by atoms with E-state index in [2.05, 4.69) is 31.3 Å². The monoisotopic (exact) mass is 1980 g/mol. The summed E-state index contributed by atoms with van der Waals surface area (Å²) in [6, 6.07) is -2.80.